The van der Waals surface area contributed by atoms with Crippen molar-refractivity contribution in [1.29, 1.82) is 0 Å². The highest BCUT2D eigenvalue weighted by molar-refractivity contribution is 7.26. The van der Waals surface area contributed by atoms with E-state index in [2.05, 4.69) is 146 Å². The molecule has 8 aromatic carbocycles. The van der Waals surface area contributed by atoms with Crippen molar-refractivity contribution in [2.45, 2.75) is 25.7 Å². The number of allylic oxidation sites excluding steroid dienone is 1. The van der Waals surface area contributed by atoms with Crippen LogP contribution in [-0.4, -0.2) is 16.2 Å². The summed E-state index contributed by atoms with van der Waals surface area (Å²) in [6.45, 7) is 0. The number of fused-ring (bicyclic) bond motifs is 16. The van der Waals surface area contributed by atoms with E-state index in [0.29, 0.717) is 0 Å². The van der Waals surface area contributed by atoms with Crippen molar-refractivity contribution in [2.24, 2.45) is 4.99 Å². The summed E-state index contributed by atoms with van der Waals surface area (Å²) >= 11 is 1.89. The lowest BCUT2D eigenvalue weighted by molar-refractivity contribution is 1.00. The van der Waals surface area contributed by atoms with Crippen molar-refractivity contribution in [2.75, 3.05) is 0 Å². The van der Waals surface area contributed by atoms with Crippen LogP contribution in [0.3, 0.4) is 0 Å². The summed E-state index contributed by atoms with van der Waals surface area (Å²) in [5.41, 5.74) is 14.3. The van der Waals surface area contributed by atoms with E-state index >= 15 is 0 Å². The molecule has 0 unspecified atom stereocenters. The minimum atomic E-state index is 0.952. The Morgan fingerprint density at radius 1 is 0.525 bits per heavy atom. The molecule has 13 rings (SSSR count). The normalized spacial score (nSPS) is 13.7. The summed E-state index contributed by atoms with van der Waals surface area (Å²) in [7, 11) is 0. The average Bonchev–Trinajstić information content (AvgIpc) is 3.70. The van der Waals surface area contributed by atoms with Gasteiger partial charge >= 0.3 is 0 Å². The summed E-state index contributed by atoms with van der Waals surface area (Å²) in [4.78, 5) is 14.9. The Hall–Kier alpha value is -7.01. The molecule has 0 spiro atoms. The number of pyridine rings is 2. The third-order valence-electron chi connectivity index (χ3n) is 12.8. The van der Waals surface area contributed by atoms with E-state index in [4.69, 9.17) is 15.0 Å². The van der Waals surface area contributed by atoms with Crippen LogP contribution in [0, 0.1) is 0 Å². The highest BCUT2D eigenvalue weighted by Crippen LogP contribution is 2.46. The first-order valence-corrected chi connectivity index (χ1v) is 21.4. The lowest BCUT2D eigenvalue weighted by atomic mass is 9.84. The number of aryl methyl sites for hydroxylation is 1. The van der Waals surface area contributed by atoms with E-state index in [1.54, 1.807) is 0 Å². The molecular weight excluding hydrogens is 735 g/mol. The average molecular weight is 770 g/mol. The Balaban J connectivity index is 0.933. The van der Waals surface area contributed by atoms with Crippen LogP contribution in [0.2, 0.25) is 0 Å². The zero-order valence-corrected chi connectivity index (χ0v) is 33.0. The molecular formula is C55H35N3S. The molecule has 0 atom stereocenters. The minimum absolute atomic E-state index is 0.952. The van der Waals surface area contributed by atoms with Gasteiger partial charge in [-0.1, -0.05) is 115 Å². The number of hydrogen-bond acceptors (Lipinski definition) is 4. The second kappa shape index (κ2) is 12.7. The fourth-order valence-corrected chi connectivity index (χ4v) is 11.4. The Kier molecular flexibility index (Phi) is 7.13. The van der Waals surface area contributed by atoms with Gasteiger partial charge in [-0.3, -0.25) is 9.98 Å². The molecule has 0 fully saturated rings. The van der Waals surface area contributed by atoms with E-state index in [9.17, 15) is 0 Å². The van der Waals surface area contributed by atoms with Crippen molar-refractivity contribution in [3.63, 3.8) is 0 Å². The maximum absolute atomic E-state index is 5.30. The van der Waals surface area contributed by atoms with Crippen LogP contribution in [0.5, 0.6) is 0 Å². The number of nitrogens with zero attached hydrogens (tertiary/aromatic N) is 3. The van der Waals surface area contributed by atoms with Gasteiger partial charge in [-0.05, 0) is 123 Å². The number of para-hydroxylation sites is 1. The monoisotopic (exact) mass is 769 g/mol. The fraction of sp³-hybridized carbons (Fsp3) is 0.0727. The topological polar surface area (TPSA) is 38.1 Å². The number of hydrogen-bond donors (Lipinski definition) is 0. The Morgan fingerprint density at radius 2 is 1.27 bits per heavy atom. The predicted octanol–water partition coefficient (Wildman–Crippen LogP) is 15.2. The second-order valence-electron chi connectivity index (χ2n) is 16.0. The second-order valence-corrected chi connectivity index (χ2v) is 17.1. The quantitative estimate of drug-likeness (QED) is 0.168. The summed E-state index contributed by atoms with van der Waals surface area (Å²) in [6, 6.07) is 51.7. The van der Waals surface area contributed by atoms with Gasteiger partial charge in [-0.2, -0.15) is 0 Å². The van der Waals surface area contributed by atoms with Gasteiger partial charge in [0.25, 0.3) is 0 Å². The molecule has 4 heterocycles. The van der Waals surface area contributed by atoms with Crippen molar-refractivity contribution < 1.29 is 0 Å². The van der Waals surface area contributed by atoms with E-state index in [-0.39, 0.29) is 0 Å². The summed E-state index contributed by atoms with van der Waals surface area (Å²) in [6.07, 6.45) is 12.6. The van der Waals surface area contributed by atoms with Crippen LogP contribution >= 0.6 is 11.3 Å². The van der Waals surface area contributed by atoms with Gasteiger partial charge in [0.2, 0.25) is 0 Å². The molecule has 0 amide bonds. The molecule has 3 nitrogen and oxygen atoms in total. The van der Waals surface area contributed by atoms with Gasteiger partial charge in [0.1, 0.15) is 0 Å². The smallest absolute Gasteiger partial charge is 0.0961 e. The molecule has 1 aliphatic heterocycles. The predicted molar refractivity (Wildman–Crippen MR) is 253 cm³/mol. The Labute approximate surface area is 344 Å². The number of benzene rings is 8. The molecule has 2 aliphatic rings. The zero-order chi connectivity index (χ0) is 38.6. The summed E-state index contributed by atoms with van der Waals surface area (Å²) in [5.74, 6) is 0. The molecule has 4 heteroatoms. The largest absolute Gasteiger partial charge is 0.259 e. The third kappa shape index (κ3) is 4.97. The van der Waals surface area contributed by atoms with Crippen molar-refractivity contribution in [3.05, 3.63) is 168 Å². The van der Waals surface area contributed by atoms with Gasteiger partial charge in [0, 0.05) is 59.7 Å². The van der Waals surface area contributed by atoms with Crippen molar-refractivity contribution in [1.82, 2.24) is 9.97 Å². The van der Waals surface area contributed by atoms with Crippen LogP contribution in [0.15, 0.2) is 157 Å². The SMILES string of the molecule is C1=Cc2c(c3cc(-c4ccc(-c5nc6ccccc6c6c5ccc5c7ccccc7sc56)cc4)ccc3c3ccc(-c4cc5cccnc5c5c4CCC=N5)cc23)CC1. The molecule has 276 valence electrons. The first-order valence-electron chi connectivity index (χ1n) is 20.6. The number of aromatic nitrogens is 2. The number of aliphatic imine (C=N–C) groups is 1. The Bertz CT molecular complexity index is 3670. The molecule has 11 aromatic rings. The molecule has 0 N–H and O–H groups in total. The van der Waals surface area contributed by atoms with Gasteiger partial charge in [-0.25, -0.2) is 4.98 Å². The van der Waals surface area contributed by atoms with Crippen LogP contribution in [-0.2, 0) is 12.8 Å². The first-order chi connectivity index (χ1) is 29.2. The van der Waals surface area contributed by atoms with Crippen LogP contribution in [0.1, 0.15) is 29.5 Å². The van der Waals surface area contributed by atoms with Crippen LogP contribution in [0.4, 0.5) is 5.69 Å². The van der Waals surface area contributed by atoms with Gasteiger partial charge in [0.05, 0.1) is 22.4 Å². The van der Waals surface area contributed by atoms with E-state index in [0.717, 1.165) is 59.0 Å². The molecule has 1 aliphatic carbocycles. The van der Waals surface area contributed by atoms with Crippen LogP contribution < -0.4 is 0 Å². The molecule has 0 saturated heterocycles. The molecule has 3 aromatic heterocycles. The Morgan fingerprint density at radius 3 is 2.20 bits per heavy atom. The van der Waals surface area contributed by atoms with Crippen molar-refractivity contribution >= 4 is 104 Å². The summed E-state index contributed by atoms with van der Waals surface area (Å²) in [5, 5.41) is 12.8. The van der Waals surface area contributed by atoms with Gasteiger partial charge in [-0.15, -0.1) is 11.3 Å². The number of rotatable bonds is 3. The lowest BCUT2D eigenvalue weighted by Gasteiger charge is -2.21. The molecule has 59 heavy (non-hydrogen) atoms. The molecule has 0 saturated carbocycles. The van der Waals surface area contributed by atoms with E-state index < -0.39 is 0 Å². The van der Waals surface area contributed by atoms with E-state index in [1.165, 1.54) is 96.8 Å². The molecule has 0 bridgehead atoms. The number of thiophene rings is 1. The maximum atomic E-state index is 5.30. The standard InChI is InChI=1S/C55H35N3S/c1-2-11-38-37(10-1)47-29-34(21-23-39(47)40-24-22-35(30-48(38)40)46-31-36-9-7-27-56-53(36)54-42(46)14-8-28-57-54)32-17-19-33(20-18-32)52-45-26-25-43-41-12-4-6-16-50(41)59-55(43)51(45)44-13-3-5-15-49(44)58-52/h2-7,9,11-13,15-31H,1,8,10,14H2. The summed E-state index contributed by atoms with van der Waals surface area (Å²) < 4.78 is 2.65. The van der Waals surface area contributed by atoms with E-state index in [1.807, 2.05) is 29.8 Å². The fourth-order valence-electron chi connectivity index (χ4n) is 10.1. The van der Waals surface area contributed by atoms with Crippen molar-refractivity contribution in [3.8, 4) is 33.5 Å². The zero-order valence-electron chi connectivity index (χ0n) is 32.2. The highest BCUT2D eigenvalue weighted by Gasteiger charge is 2.21. The van der Waals surface area contributed by atoms with Gasteiger partial charge < -0.3 is 0 Å². The highest BCUT2D eigenvalue weighted by atomic mass is 32.1. The first kappa shape index (κ1) is 33.0. The molecule has 0 radical (unpaired) electrons. The minimum Gasteiger partial charge on any atom is -0.259 e. The van der Waals surface area contributed by atoms with Crippen LogP contribution in [0.25, 0.3) is 114 Å². The van der Waals surface area contributed by atoms with Gasteiger partial charge in [0.15, 0.2) is 0 Å². The third-order valence-corrected chi connectivity index (χ3v) is 14.0. The lowest BCUT2D eigenvalue weighted by Crippen LogP contribution is -2.00. The maximum Gasteiger partial charge on any atom is 0.0961 e.